The molecule has 10 heteroatoms. The molecule has 0 saturated heterocycles. The smallest absolute Gasteiger partial charge is 0.317 e. The minimum absolute atomic E-state index is 0.0245. The summed E-state index contributed by atoms with van der Waals surface area (Å²) in [7, 11) is 0. The standard InChI is InChI=1S/C32H34F4N4O2/c33-23-12-14-29(27(35)17-23)37-31(41)39(25-8-1-2-9-25)19-21-6-5-7-22(16-21)20-40(26-10-3-4-11-26)32(42)38-30-15-13-24(34)18-28(30)36/h5-7,12-18,25-26H,1-4,8-11,19-20H2,(H,37,41)(H,38,42). The van der Waals surface area contributed by atoms with Crippen LogP contribution in [-0.4, -0.2) is 33.9 Å². The molecule has 0 heterocycles. The lowest BCUT2D eigenvalue weighted by molar-refractivity contribution is 0.183. The Bertz CT molecular complexity index is 1320. The van der Waals surface area contributed by atoms with Crippen LogP contribution in [0.2, 0.25) is 0 Å². The Hall–Kier alpha value is -4.08. The van der Waals surface area contributed by atoms with Gasteiger partial charge in [0.1, 0.15) is 23.3 Å². The van der Waals surface area contributed by atoms with Crippen LogP contribution in [0.5, 0.6) is 0 Å². The fourth-order valence-corrected chi connectivity index (χ4v) is 5.94. The van der Waals surface area contributed by atoms with Crippen LogP contribution in [0.4, 0.5) is 38.5 Å². The Morgan fingerprint density at radius 1 is 0.619 bits per heavy atom. The largest absolute Gasteiger partial charge is 0.322 e. The molecular weight excluding hydrogens is 548 g/mol. The van der Waals surface area contributed by atoms with Crippen LogP contribution in [0.3, 0.4) is 0 Å². The van der Waals surface area contributed by atoms with E-state index in [1.807, 2.05) is 24.3 Å². The van der Waals surface area contributed by atoms with Gasteiger partial charge in [-0.1, -0.05) is 49.9 Å². The quantitative estimate of drug-likeness (QED) is 0.263. The van der Waals surface area contributed by atoms with Crippen molar-refractivity contribution in [3.8, 4) is 0 Å². The predicted molar refractivity (Wildman–Crippen MR) is 153 cm³/mol. The maximum atomic E-state index is 14.3. The van der Waals surface area contributed by atoms with E-state index in [0.717, 1.165) is 86.8 Å². The number of amides is 4. The second-order valence-corrected chi connectivity index (χ2v) is 11.1. The fraction of sp³-hybridized carbons (Fsp3) is 0.375. The van der Waals surface area contributed by atoms with E-state index < -0.39 is 35.3 Å². The molecule has 3 aromatic rings. The van der Waals surface area contributed by atoms with Crippen molar-refractivity contribution in [2.45, 2.75) is 76.5 Å². The third kappa shape index (κ3) is 7.21. The molecule has 6 nitrogen and oxygen atoms in total. The Kier molecular flexibility index (Phi) is 9.29. The van der Waals surface area contributed by atoms with Crippen LogP contribution < -0.4 is 10.6 Å². The number of carbonyl (C=O) groups is 2. The first-order valence-electron chi connectivity index (χ1n) is 14.4. The molecule has 3 aromatic carbocycles. The number of nitrogens with one attached hydrogen (secondary N) is 2. The topological polar surface area (TPSA) is 64.7 Å². The lowest BCUT2D eigenvalue weighted by Gasteiger charge is -2.31. The molecule has 222 valence electrons. The number of benzene rings is 3. The van der Waals surface area contributed by atoms with E-state index in [1.165, 1.54) is 12.1 Å². The van der Waals surface area contributed by atoms with Crippen LogP contribution in [0.25, 0.3) is 0 Å². The summed E-state index contributed by atoms with van der Waals surface area (Å²) in [6, 6.07) is 12.7. The summed E-state index contributed by atoms with van der Waals surface area (Å²) in [4.78, 5) is 30.0. The second-order valence-electron chi connectivity index (χ2n) is 11.1. The second kappa shape index (κ2) is 13.3. The number of hydrogen-bond donors (Lipinski definition) is 2. The van der Waals surface area contributed by atoms with Crippen LogP contribution in [0.15, 0.2) is 60.7 Å². The monoisotopic (exact) mass is 582 g/mol. The fourth-order valence-electron chi connectivity index (χ4n) is 5.94. The third-order valence-electron chi connectivity index (χ3n) is 8.10. The molecule has 0 bridgehead atoms. The lowest BCUT2D eigenvalue weighted by atomic mass is 10.1. The van der Waals surface area contributed by atoms with Gasteiger partial charge in [0.15, 0.2) is 0 Å². The molecule has 5 rings (SSSR count). The molecule has 2 N–H and O–H groups in total. The molecule has 2 aliphatic rings. The highest BCUT2D eigenvalue weighted by atomic mass is 19.1. The maximum Gasteiger partial charge on any atom is 0.322 e. The molecule has 0 atom stereocenters. The summed E-state index contributed by atoms with van der Waals surface area (Å²) in [5, 5.41) is 5.19. The van der Waals surface area contributed by atoms with E-state index in [9.17, 15) is 27.2 Å². The number of rotatable bonds is 8. The van der Waals surface area contributed by atoms with Crippen molar-refractivity contribution in [3.05, 3.63) is 95.1 Å². The van der Waals surface area contributed by atoms with Crippen molar-refractivity contribution in [2.75, 3.05) is 10.6 Å². The lowest BCUT2D eigenvalue weighted by Crippen LogP contribution is -2.42. The Balaban J connectivity index is 1.33. The maximum absolute atomic E-state index is 14.3. The van der Waals surface area contributed by atoms with Crippen LogP contribution in [-0.2, 0) is 13.1 Å². The Labute approximate surface area is 242 Å². The molecule has 0 aliphatic heterocycles. The molecule has 4 amide bonds. The number of anilines is 2. The normalized spacial score (nSPS) is 15.5. The highest BCUT2D eigenvalue weighted by molar-refractivity contribution is 5.90. The number of nitrogens with zero attached hydrogens (tertiary/aromatic N) is 2. The summed E-state index contributed by atoms with van der Waals surface area (Å²) >= 11 is 0. The molecule has 2 fully saturated rings. The van der Waals surface area contributed by atoms with E-state index in [4.69, 9.17) is 0 Å². The first-order chi connectivity index (χ1) is 20.3. The first-order valence-corrected chi connectivity index (χ1v) is 14.4. The van der Waals surface area contributed by atoms with Gasteiger partial charge in [-0.2, -0.15) is 0 Å². The van der Waals surface area contributed by atoms with Gasteiger partial charge in [-0.05, 0) is 61.1 Å². The molecule has 2 aliphatic carbocycles. The van der Waals surface area contributed by atoms with E-state index in [-0.39, 0.29) is 36.5 Å². The van der Waals surface area contributed by atoms with Gasteiger partial charge in [0.05, 0.1) is 11.4 Å². The van der Waals surface area contributed by atoms with Crippen LogP contribution in [0.1, 0.15) is 62.5 Å². The van der Waals surface area contributed by atoms with Crippen molar-refractivity contribution in [1.29, 1.82) is 0 Å². The van der Waals surface area contributed by atoms with Crippen molar-refractivity contribution in [2.24, 2.45) is 0 Å². The molecular formula is C32H34F4N4O2. The van der Waals surface area contributed by atoms with Gasteiger partial charge in [-0.15, -0.1) is 0 Å². The Morgan fingerprint density at radius 3 is 1.40 bits per heavy atom. The van der Waals surface area contributed by atoms with Crippen LogP contribution in [0, 0.1) is 23.3 Å². The molecule has 0 radical (unpaired) electrons. The van der Waals surface area contributed by atoms with Gasteiger partial charge < -0.3 is 20.4 Å². The number of urea groups is 2. The average Bonchev–Trinajstić information content (AvgIpc) is 3.69. The first kappa shape index (κ1) is 29.4. The zero-order valence-corrected chi connectivity index (χ0v) is 23.2. The van der Waals surface area contributed by atoms with Crippen molar-refractivity contribution < 1.29 is 27.2 Å². The SMILES string of the molecule is O=C(Nc1ccc(F)cc1F)N(Cc1cccc(CN(C(=O)Nc2ccc(F)cc2F)C2CCCC2)c1)C1CCCC1. The molecule has 0 unspecified atom stereocenters. The predicted octanol–water partition coefficient (Wildman–Crippen LogP) is 8.20. The number of hydrogen-bond acceptors (Lipinski definition) is 2. The number of halogens is 4. The minimum Gasteiger partial charge on any atom is -0.317 e. The van der Waals surface area contributed by atoms with Crippen molar-refractivity contribution in [3.63, 3.8) is 0 Å². The zero-order valence-electron chi connectivity index (χ0n) is 23.2. The minimum atomic E-state index is -0.845. The van der Waals surface area contributed by atoms with Gasteiger partial charge in [0, 0.05) is 37.3 Å². The van der Waals surface area contributed by atoms with Gasteiger partial charge in [0.2, 0.25) is 0 Å². The summed E-state index contributed by atoms with van der Waals surface area (Å²) in [5.41, 5.74) is 1.50. The molecule has 0 aromatic heterocycles. The van der Waals surface area contributed by atoms with Crippen molar-refractivity contribution in [1.82, 2.24) is 9.80 Å². The van der Waals surface area contributed by atoms with Crippen molar-refractivity contribution >= 4 is 23.4 Å². The Morgan fingerprint density at radius 2 is 1.02 bits per heavy atom. The van der Waals surface area contributed by atoms with Gasteiger partial charge in [0.25, 0.3) is 0 Å². The number of carbonyl (C=O) groups excluding carboxylic acids is 2. The van der Waals surface area contributed by atoms with E-state index in [1.54, 1.807) is 9.80 Å². The summed E-state index contributed by atoms with van der Waals surface area (Å²) < 4.78 is 55.3. The summed E-state index contributed by atoms with van der Waals surface area (Å²) in [6.07, 6.45) is 7.25. The highest BCUT2D eigenvalue weighted by Crippen LogP contribution is 2.29. The summed E-state index contributed by atoms with van der Waals surface area (Å²) in [5.74, 6) is -3.14. The van der Waals surface area contributed by atoms with E-state index >= 15 is 0 Å². The molecule has 0 spiro atoms. The van der Waals surface area contributed by atoms with Gasteiger partial charge in [-0.25, -0.2) is 27.2 Å². The van der Waals surface area contributed by atoms with E-state index in [0.29, 0.717) is 0 Å². The average molecular weight is 583 g/mol. The third-order valence-corrected chi connectivity index (χ3v) is 8.10. The van der Waals surface area contributed by atoms with Gasteiger partial charge >= 0.3 is 12.1 Å². The molecule has 42 heavy (non-hydrogen) atoms. The zero-order chi connectivity index (χ0) is 29.6. The van der Waals surface area contributed by atoms with Gasteiger partial charge in [-0.3, -0.25) is 0 Å². The van der Waals surface area contributed by atoms with E-state index in [2.05, 4.69) is 10.6 Å². The highest BCUT2D eigenvalue weighted by Gasteiger charge is 2.29. The summed E-state index contributed by atoms with van der Waals surface area (Å²) in [6.45, 7) is 0.535. The molecule has 2 saturated carbocycles. The van der Waals surface area contributed by atoms with Crippen LogP contribution >= 0.6 is 0 Å².